The van der Waals surface area contributed by atoms with Gasteiger partial charge in [0.05, 0.1) is 32.0 Å². The number of piperazine rings is 1. The summed E-state index contributed by atoms with van der Waals surface area (Å²) in [6.07, 6.45) is 0. The fourth-order valence-electron chi connectivity index (χ4n) is 3.22. The number of benzene rings is 2. The van der Waals surface area contributed by atoms with Gasteiger partial charge in [-0.2, -0.15) is 0 Å². The number of amides is 1. The number of hydrogen-bond donors (Lipinski definition) is 1. The van der Waals surface area contributed by atoms with E-state index < -0.39 is 0 Å². The van der Waals surface area contributed by atoms with Gasteiger partial charge in [0.25, 0.3) is 0 Å². The third-order valence-corrected chi connectivity index (χ3v) is 4.81. The molecule has 1 aliphatic heterocycles. The Labute approximate surface area is 164 Å². The van der Waals surface area contributed by atoms with Crippen LogP contribution >= 0.6 is 0 Å². The Balaban J connectivity index is 1.49. The van der Waals surface area contributed by atoms with Crippen LogP contribution in [0.1, 0.15) is 10.4 Å². The number of hydrogen-bond acceptors (Lipinski definition) is 6. The van der Waals surface area contributed by atoms with Gasteiger partial charge in [0.15, 0.2) is 0 Å². The molecule has 28 heavy (non-hydrogen) atoms. The first kappa shape index (κ1) is 19.5. The van der Waals surface area contributed by atoms with Gasteiger partial charge in [0.1, 0.15) is 5.75 Å². The van der Waals surface area contributed by atoms with Crippen LogP contribution in [-0.2, 0) is 9.53 Å². The molecule has 7 nitrogen and oxygen atoms in total. The number of nitrogens with zero attached hydrogens (tertiary/aromatic N) is 2. The molecule has 1 heterocycles. The second kappa shape index (κ2) is 9.12. The van der Waals surface area contributed by atoms with E-state index in [0.717, 1.165) is 30.2 Å². The van der Waals surface area contributed by atoms with Crippen molar-refractivity contribution in [3.63, 3.8) is 0 Å². The molecule has 0 unspecified atom stereocenters. The molecule has 0 aromatic heterocycles. The maximum absolute atomic E-state index is 12.5. The van der Waals surface area contributed by atoms with Gasteiger partial charge in [0, 0.05) is 31.9 Å². The Morgan fingerprint density at radius 1 is 0.964 bits per heavy atom. The average molecular weight is 383 g/mol. The van der Waals surface area contributed by atoms with E-state index in [1.165, 1.54) is 7.11 Å². The number of nitrogens with one attached hydrogen (secondary N) is 1. The Bertz CT molecular complexity index is 815. The molecule has 1 N–H and O–H groups in total. The molecule has 0 bridgehead atoms. The molecule has 0 spiro atoms. The number of methoxy groups -OCH3 is 2. The van der Waals surface area contributed by atoms with Gasteiger partial charge in [0.2, 0.25) is 5.91 Å². The minimum atomic E-state index is -0.379. The lowest BCUT2D eigenvalue weighted by atomic mass is 10.2. The SMILES string of the molecule is COC(=O)c1ccc(NCC(=O)N2CCN(c3ccccc3OC)CC2)cc1. The lowest BCUT2D eigenvalue weighted by Crippen LogP contribution is -2.50. The van der Waals surface area contributed by atoms with Crippen LogP contribution in [0.5, 0.6) is 5.75 Å². The Kier molecular flexibility index (Phi) is 6.37. The Hall–Kier alpha value is -3.22. The summed E-state index contributed by atoms with van der Waals surface area (Å²) in [7, 11) is 3.02. The first-order valence-corrected chi connectivity index (χ1v) is 9.20. The van der Waals surface area contributed by atoms with Crippen LogP contribution in [0.25, 0.3) is 0 Å². The summed E-state index contributed by atoms with van der Waals surface area (Å²) < 4.78 is 10.1. The van der Waals surface area contributed by atoms with Crippen LogP contribution in [0.3, 0.4) is 0 Å². The molecule has 148 valence electrons. The molecule has 2 aromatic carbocycles. The van der Waals surface area contributed by atoms with Gasteiger partial charge in [-0.05, 0) is 36.4 Å². The second-order valence-electron chi connectivity index (χ2n) is 6.46. The van der Waals surface area contributed by atoms with Crippen molar-refractivity contribution >= 4 is 23.3 Å². The zero-order valence-corrected chi connectivity index (χ0v) is 16.2. The topological polar surface area (TPSA) is 71.1 Å². The molecule has 3 rings (SSSR count). The van der Waals surface area contributed by atoms with E-state index in [1.807, 2.05) is 29.2 Å². The molecular formula is C21H25N3O4. The van der Waals surface area contributed by atoms with Crippen LogP contribution in [-0.4, -0.2) is 63.7 Å². The highest BCUT2D eigenvalue weighted by atomic mass is 16.5. The summed E-state index contributed by atoms with van der Waals surface area (Å²) in [4.78, 5) is 28.1. The summed E-state index contributed by atoms with van der Waals surface area (Å²) in [5, 5.41) is 3.11. The van der Waals surface area contributed by atoms with Gasteiger partial charge in [-0.3, -0.25) is 4.79 Å². The molecule has 0 aliphatic carbocycles. The minimum absolute atomic E-state index is 0.0525. The van der Waals surface area contributed by atoms with Crippen molar-refractivity contribution in [3.05, 3.63) is 54.1 Å². The van der Waals surface area contributed by atoms with Crippen LogP contribution in [0.15, 0.2) is 48.5 Å². The lowest BCUT2D eigenvalue weighted by molar-refractivity contribution is -0.129. The molecule has 1 fully saturated rings. The summed E-state index contributed by atoms with van der Waals surface area (Å²) in [6.45, 7) is 3.08. The number of ether oxygens (including phenoxy) is 2. The Morgan fingerprint density at radius 3 is 2.29 bits per heavy atom. The molecule has 1 saturated heterocycles. The molecule has 0 saturated carbocycles. The summed E-state index contributed by atoms with van der Waals surface area (Å²) in [5.41, 5.74) is 2.32. The smallest absolute Gasteiger partial charge is 0.337 e. The lowest BCUT2D eigenvalue weighted by Gasteiger charge is -2.36. The molecule has 7 heteroatoms. The summed E-state index contributed by atoms with van der Waals surface area (Å²) in [6, 6.07) is 14.8. The van der Waals surface area contributed by atoms with Crippen molar-refractivity contribution in [2.45, 2.75) is 0 Å². The minimum Gasteiger partial charge on any atom is -0.495 e. The first-order chi connectivity index (χ1) is 13.6. The van der Waals surface area contributed by atoms with Crippen molar-refractivity contribution in [3.8, 4) is 5.75 Å². The summed E-state index contributed by atoms with van der Waals surface area (Å²) in [5.74, 6) is 0.520. The zero-order valence-electron chi connectivity index (χ0n) is 16.2. The van der Waals surface area contributed by atoms with Gasteiger partial charge in [-0.25, -0.2) is 4.79 Å². The maximum Gasteiger partial charge on any atom is 0.337 e. The van der Waals surface area contributed by atoms with E-state index in [0.29, 0.717) is 18.7 Å². The predicted molar refractivity (Wildman–Crippen MR) is 108 cm³/mol. The normalized spacial score (nSPS) is 13.8. The van der Waals surface area contributed by atoms with Crippen molar-refractivity contribution in [1.82, 2.24) is 4.90 Å². The van der Waals surface area contributed by atoms with E-state index in [4.69, 9.17) is 4.74 Å². The van der Waals surface area contributed by atoms with Gasteiger partial charge in [-0.15, -0.1) is 0 Å². The van der Waals surface area contributed by atoms with E-state index in [2.05, 4.69) is 15.0 Å². The number of esters is 1. The standard InChI is InChI=1S/C21H25N3O4/c1-27-19-6-4-3-5-18(19)23-11-13-24(14-12-23)20(25)15-22-17-9-7-16(8-10-17)21(26)28-2/h3-10,22H,11-15H2,1-2H3. The molecule has 0 radical (unpaired) electrons. The number of anilines is 2. The third-order valence-electron chi connectivity index (χ3n) is 4.81. The highest BCUT2D eigenvalue weighted by Crippen LogP contribution is 2.28. The van der Waals surface area contributed by atoms with Crippen LogP contribution < -0.4 is 15.0 Å². The Morgan fingerprint density at radius 2 is 1.64 bits per heavy atom. The number of carbonyl (C=O) groups excluding carboxylic acids is 2. The molecule has 0 atom stereocenters. The van der Waals surface area contributed by atoms with Crippen LogP contribution in [0.2, 0.25) is 0 Å². The maximum atomic E-state index is 12.5. The monoisotopic (exact) mass is 383 g/mol. The van der Waals surface area contributed by atoms with E-state index in [9.17, 15) is 9.59 Å². The number of carbonyl (C=O) groups is 2. The zero-order chi connectivity index (χ0) is 19.9. The largest absolute Gasteiger partial charge is 0.495 e. The quantitative estimate of drug-likeness (QED) is 0.772. The van der Waals surface area contributed by atoms with E-state index in [-0.39, 0.29) is 18.4 Å². The van der Waals surface area contributed by atoms with Crippen molar-refractivity contribution in [1.29, 1.82) is 0 Å². The average Bonchev–Trinajstić information content (AvgIpc) is 2.77. The second-order valence-corrected chi connectivity index (χ2v) is 6.46. The van der Waals surface area contributed by atoms with E-state index in [1.54, 1.807) is 31.4 Å². The van der Waals surface area contributed by atoms with Crippen molar-refractivity contribution in [2.24, 2.45) is 0 Å². The highest BCUT2D eigenvalue weighted by Gasteiger charge is 2.22. The highest BCUT2D eigenvalue weighted by molar-refractivity contribution is 5.89. The number of para-hydroxylation sites is 2. The van der Waals surface area contributed by atoms with E-state index >= 15 is 0 Å². The van der Waals surface area contributed by atoms with Crippen LogP contribution in [0, 0.1) is 0 Å². The molecule has 1 amide bonds. The van der Waals surface area contributed by atoms with Gasteiger partial charge < -0.3 is 24.6 Å². The summed E-state index contributed by atoms with van der Waals surface area (Å²) >= 11 is 0. The van der Waals surface area contributed by atoms with Gasteiger partial charge >= 0.3 is 5.97 Å². The van der Waals surface area contributed by atoms with Crippen LogP contribution in [0.4, 0.5) is 11.4 Å². The fraction of sp³-hybridized carbons (Fsp3) is 0.333. The molecular weight excluding hydrogens is 358 g/mol. The fourth-order valence-corrected chi connectivity index (χ4v) is 3.22. The first-order valence-electron chi connectivity index (χ1n) is 9.20. The van der Waals surface area contributed by atoms with Crippen molar-refractivity contribution in [2.75, 3.05) is 57.2 Å². The third kappa shape index (κ3) is 4.54. The predicted octanol–water partition coefficient (Wildman–Crippen LogP) is 2.24. The van der Waals surface area contributed by atoms with Gasteiger partial charge in [-0.1, -0.05) is 12.1 Å². The van der Waals surface area contributed by atoms with Crippen molar-refractivity contribution < 1.29 is 19.1 Å². The molecule has 2 aromatic rings. The molecule has 1 aliphatic rings. The number of rotatable bonds is 6.